The van der Waals surface area contributed by atoms with Crippen molar-refractivity contribution < 1.29 is 29.3 Å². The van der Waals surface area contributed by atoms with Crippen LogP contribution in [0.25, 0.3) is 0 Å². The Kier molecular flexibility index (Phi) is 6.14. The van der Waals surface area contributed by atoms with Crippen LogP contribution in [0.15, 0.2) is 24.3 Å². The summed E-state index contributed by atoms with van der Waals surface area (Å²) in [6, 6.07) is 6.94. The van der Waals surface area contributed by atoms with Crippen molar-refractivity contribution in [2.45, 2.75) is 18.9 Å². The molecule has 1 aromatic rings. The molecule has 0 aliphatic heterocycles. The first kappa shape index (κ1) is 16.1. The molecule has 2 N–H and O–H groups in total. The quantitative estimate of drug-likeness (QED) is 0.510. The number of hydrogen-bond acceptors (Lipinski definition) is 5. The van der Waals surface area contributed by atoms with Gasteiger partial charge in [0, 0.05) is 6.42 Å². The maximum Gasteiger partial charge on any atom is 0.329 e. The second-order valence-electron chi connectivity index (χ2n) is 4.59. The molecule has 0 saturated carbocycles. The molecule has 6 nitrogen and oxygen atoms in total. The SMILES string of the molecule is CC(O)(C=O)Cc1ccc(OCCOCC(=O)O)cc1. The van der Waals surface area contributed by atoms with Crippen LogP contribution in [0.4, 0.5) is 0 Å². The summed E-state index contributed by atoms with van der Waals surface area (Å²) in [5, 5.41) is 18.0. The van der Waals surface area contributed by atoms with E-state index >= 15 is 0 Å². The van der Waals surface area contributed by atoms with Gasteiger partial charge in [-0.15, -0.1) is 0 Å². The predicted molar refractivity (Wildman–Crippen MR) is 70.8 cm³/mol. The van der Waals surface area contributed by atoms with Crippen molar-refractivity contribution in [1.82, 2.24) is 0 Å². The highest BCUT2D eigenvalue weighted by Crippen LogP contribution is 2.16. The van der Waals surface area contributed by atoms with Gasteiger partial charge in [0.15, 0.2) is 6.29 Å². The minimum Gasteiger partial charge on any atom is -0.491 e. The third kappa shape index (κ3) is 6.31. The average molecular weight is 282 g/mol. The van der Waals surface area contributed by atoms with Gasteiger partial charge in [-0.1, -0.05) is 12.1 Å². The van der Waals surface area contributed by atoms with Gasteiger partial charge in [0.2, 0.25) is 0 Å². The van der Waals surface area contributed by atoms with Crippen molar-refractivity contribution in [1.29, 1.82) is 0 Å². The minimum absolute atomic E-state index is 0.188. The monoisotopic (exact) mass is 282 g/mol. The van der Waals surface area contributed by atoms with Crippen molar-refractivity contribution in [2.75, 3.05) is 19.8 Å². The number of aliphatic carboxylic acids is 1. The molecule has 1 aromatic carbocycles. The zero-order valence-corrected chi connectivity index (χ0v) is 11.2. The van der Waals surface area contributed by atoms with Gasteiger partial charge >= 0.3 is 5.97 Å². The van der Waals surface area contributed by atoms with Crippen molar-refractivity contribution in [3.05, 3.63) is 29.8 Å². The first-order valence-electron chi connectivity index (χ1n) is 6.13. The molecule has 0 spiro atoms. The Balaban J connectivity index is 2.35. The molecule has 1 atom stereocenters. The fraction of sp³-hybridized carbons (Fsp3) is 0.429. The molecular weight excluding hydrogens is 264 g/mol. The summed E-state index contributed by atoms with van der Waals surface area (Å²) < 4.78 is 10.2. The first-order valence-corrected chi connectivity index (χ1v) is 6.13. The Morgan fingerprint density at radius 2 is 1.95 bits per heavy atom. The molecule has 0 radical (unpaired) electrons. The maximum absolute atomic E-state index is 10.6. The highest BCUT2D eigenvalue weighted by molar-refractivity contribution is 5.67. The lowest BCUT2D eigenvalue weighted by Gasteiger charge is -2.15. The lowest BCUT2D eigenvalue weighted by atomic mass is 9.98. The van der Waals surface area contributed by atoms with E-state index in [1.807, 2.05) is 0 Å². The van der Waals surface area contributed by atoms with E-state index in [-0.39, 0.29) is 26.2 Å². The predicted octanol–water partition coefficient (Wildman–Crippen LogP) is 0.659. The molecule has 0 fully saturated rings. The molecule has 0 aliphatic rings. The molecule has 6 heteroatoms. The van der Waals surface area contributed by atoms with Crippen LogP contribution >= 0.6 is 0 Å². The van der Waals surface area contributed by atoms with Crippen LogP contribution < -0.4 is 4.74 Å². The van der Waals surface area contributed by atoms with Crippen LogP contribution in [0.5, 0.6) is 5.75 Å². The van der Waals surface area contributed by atoms with E-state index in [1.165, 1.54) is 6.92 Å². The number of ether oxygens (including phenoxy) is 2. The number of rotatable bonds is 9. The van der Waals surface area contributed by atoms with Gasteiger partial charge in [-0.3, -0.25) is 0 Å². The molecule has 0 bridgehead atoms. The second-order valence-corrected chi connectivity index (χ2v) is 4.59. The van der Waals surface area contributed by atoms with Crippen LogP contribution in [-0.4, -0.2) is 47.9 Å². The van der Waals surface area contributed by atoms with E-state index in [1.54, 1.807) is 24.3 Å². The van der Waals surface area contributed by atoms with Crippen LogP contribution in [0.2, 0.25) is 0 Å². The standard InChI is InChI=1S/C14H18O6/c1-14(18,10-15)8-11-2-4-12(5-3-11)20-7-6-19-9-13(16)17/h2-5,10,18H,6-9H2,1H3,(H,16,17). The second kappa shape index (κ2) is 7.62. The van der Waals surface area contributed by atoms with Gasteiger partial charge in [0.25, 0.3) is 0 Å². The van der Waals surface area contributed by atoms with Crippen molar-refractivity contribution >= 4 is 12.3 Å². The first-order chi connectivity index (χ1) is 9.43. The van der Waals surface area contributed by atoms with Gasteiger partial charge in [0.1, 0.15) is 24.6 Å². The average Bonchev–Trinajstić information content (AvgIpc) is 2.39. The summed E-state index contributed by atoms with van der Waals surface area (Å²) in [4.78, 5) is 20.8. The van der Waals surface area contributed by atoms with Gasteiger partial charge in [-0.05, 0) is 24.6 Å². The molecule has 110 valence electrons. The summed E-state index contributed by atoms with van der Waals surface area (Å²) in [6.45, 7) is 1.54. The Hall–Kier alpha value is -1.92. The normalized spacial score (nSPS) is 13.5. The van der Waals surface area contributed by atoms with Crippen LogP contribution in [0.3, 0.4) is 0 Å². The van der Waals surface area contributed by atoms with E-state index in [0.717, 1.165) is 5.56 Å². The molecule has 1 unspecified atom stereocenters. The molecule has 0 heterocycles. The van der Waals surface area contributed by atoms with Gasteiger partial charge in [0.05, 0.1) is 6.61 Å². The number of benzene rings is 1. The number of carboxylic acid groups (broad SMARTS) is 1. The zero-order valence-electron chi connectivity index (χ0n) is 11.2. The van der Waals surface area contributed by atoms with Gasteiger partial charge in [-0.2, -0.15) is 0 Å². The largest absolute Gasteiger partial charge is 0.491 e. The fourth-order valence-electron chi connectivity index (χ4n) is 1.54. The fourth-order valence-corrected chi connectivity index (χ4v) is 1.54. The number of aldehydes is 1. The maximum atomic E-state index is 10.6. The van der Waals surface area contributed by atoms with Crippen molar-refractivity contribution in [3.63, 3.8) is 0 Å². The molecule has 0 aromatic heterocycles. The number of aliphatic hydroxyl groups is 1. The highest BCUT2D eigenvalue weighted by atomic mass is 16.5. The Bertz CT molecular complexity index is 437. The van der Waals surface area contributed by atoms with Crippen LogP contribution in [0.1, 0.15) is 12.5 Å². The third-order valence-corrected chi connectivity index (χ3v) is 2.46. The number of carboxylic acids is 1. The third-order valence-electron chi connectivity index (χ3n) is 2.46. The molecule has 0 saturated heterocycles. The van der Waals surface area contributed by atoms with Crippen LogP contribution in [-0.2, 0) is 20.7 Å². The summed E-state index contributed by atoms with van der Waals surface area (Å²) in [7, 11) is 0. The Morgan fingerprint density at radius 3 is 2.50 bits per heavy atom. The Labute approximate surface area is 116 Å². The van der Waals surface area contributed by atoms with Crippen LogP contribution in [0, 0.1) is 0 Å². The van der Waals surface area contributed by atoms with Crippen molar-refractivity contribution in [3.8, 4) is 5.75 Å². The van der Waals surface area contributed by atoms with E-state index in [0.29, 0.717) is 12.0 Å². The van der Waals surface area contributed by atoms with Gasteiger partial charge < -0.3 is 24.5 Å². The van der Waals surface area contributed by atoms with E-state index < -0.39 is 11.6 Å². The smallest absolute Gasteiger partial charge is 0.329 e. The topological polar surface area (TPSA) is 93.1 Å². The highest BCUT2D eigenvalue weighted by Gasteiger charge is 2.19. The zero-order chi connectivity index (χ0) is 15.0. The molecule has 0 aliphatic carbocycles. The molecule has 0 amide bonds. The van der Waals surface area contributed by atoms with Crippen molar-refractivity contribution in [2.24, 2.45) is 0 Å². The number of hydrogen-bond donors (Lipinski definition) is 2. The summed E-state index contributed by atoms with van der Waals surface area (Å²) in [5.74, 6) is -0.407. The lowest BCUT2D eigenvalue weighted by Crippen LogP contribution is -2.28. The Morgan fingerprint density at radius 1 is 1.30 bits per heavy atom. The molecule has 1 rings (SSSR count). The molecular formula is C14H18O6. The minimum atomic E-state index is -1.37. The van der Waals surface area contributed by atoms with E-state index in [9.17, 15) is 14.7 Å². The summed E-state index contributed by atoms with van der Waals surface area (Å²) in [6.07, 6.45) is 0.746. The number of carbonyl (C=O) groups is 2. The van der Waals surface area contributed by atoms with Gasteiger partial charge in [-0.25, -0.2) is 4.79 Å². The summed E-state index contributed by atoms with van der Waals surface area (Å²) >= 11 is 0. The molecule has 20 heavy (non-hydrogen) atoms. The number of carbonyl (C=O) groups excluding carboxylic acids is 1. The summed E-state index contributed by atoms with van der Waals surface area (Å²) in [5.41, 5.74) is -0.552. The van der Waals surface area contributed by atoms with E-state index in [4.69, 9.17) is 14.6 Å². The van der Waals surface area contributed by atoms with E-state index in [2.05, 4.69) is 0 Å². The lowest BCUT2D eigenvalue weighted by molar-refractivity contribution is -0.142.